The molecule has 104 valence electrons. The van der Waals surface area contributed by atoms with E-state index in [-0.39, 0.29) is 23.7 Å². The molecule has 2 N–H and O–H groups in total. The maximum Gasteiger partial charge on any atom is 0.407 e. The molecule has 2 saturated carbocycles. The summed E-state index contributed by atoms with van der Waals surface area (Å²) in [6.45, 7) is 5.58. The molecule has 2 aliphatic carbocycles. The van der Waals surface area contributed by atoms with Crippen molar-refractivity contribution < 1.29 is 14.6 Å². The van der Waals surface area contributed by atoms with Crippen LogP contribution in [-0.4, -0.2) is 28.9 Å². The van der Waals surface area contributed by atoms with Crippen LogP contribution in [0.2, 0.25) is 0 Å². The van der Waals surface area contributed by atoms with Crippen LogP contribution in [0.25, 0.3) is 0 Å². The van der Waals surface area contributed by atoms with Crippen LogP contribution in [0, 0.1) is 5.41 Å². The number of hydrogen-bond acceptors (Lipinski definition) is 3. The lowest BCUT2D eigenvalue weighted by atomic mass is 9.55. The number of rotatable bonds is 1. The molecule has 0 aromatic rings. The Labute approximate surface area is 109 Å². The highest BCUT2D eigenvalue weighted by molar-refractivity contribution is 5.68. The third-order valence-corrected chi connectivity index (χ3v) is 4.29. The Kier molecular flexibility index (Phi) is 3.58. The van der Waals surface area contributed by atoms with Crippen molar-refractivity contribution in [3.8, 4) is 0 Å². The van der Waals surface area contributed by atoms with Crippen molar-refractivity contribution in [2.24, 2.45) is 5.41 Å². The molecular weight excluding hydrogens is 230 g/mol. The third kappa shape index (κ3) is 2.63. The van der Waals surface area contributed by atoms with E-state index in [1.54, 1.807) is 0 Å². The van der Waals surface area contributed by atoms with E-state index in [9.17, 15) is 9.90 Å². The number of nitrogens with one attached hydrogen (secondary N) is 1. The predicted molar refractivity (Wildman–Crippen MR) is 69.3 cm³/mol. The van der Waals surface area contributed by atoms with Gasteiger partial charge in [-0.15, -0.1) is 0 Å². The van der Waals surface area contributed by atoms with Crippen LogP contribution in [0.5, 0.6) is 0 Å². The van der Waals surface area contributed by atoms with Gasteiger partial charge in [-0.25, -0.2) is 4.79 Å². The molecule has 0 saturated heterocycles. The first-order valence-electron chi connectivity index (χ1n) is 7.01. The van der Waals surface area contributed by atoms with E-state index in [0.29, 0.717) is 6.42 Å². The monoisotopic (exact) mass is 255 g/mol. The van der Waals surface area contributed by atoms with Crippen LogP contribution in [0.4, 0.5) is 4.79 Å². The molecular formula is C14H25NO3. The SMILES string of the molecule is CC(C)(C)OC(=O)NC1CC(O)C12CCCCC2. The number of aliphatic hydroxyl groups excluding tert-OH is 1. The molecule has 0 heterocycles. The molecule has 18 heavy (non-hydrogen) atoms. The van der Waals surface area contributed by atoms with Crippen molar-refractivity contribution in [3.63, 3.8) is 0 Å². The van der Waals surface area contributed by atoms with Gasteiger partial charge in [0.25, 0.3) is 0 Å². The van der Waals surface area contributed by atoms with Crippen LogP contribution in [-0.2, 0) is 4.74 Å². The summed E-state index contributed by atoms with van der Waals surface area (Å²) in [5.74, 6) is 0. The number of hydrogen-bond donors (Lipinski definition) is 2. The molecule has 2 aliphatic rings. The number of carbonyl (C=O) groups excluding carboxylic acids is 1. The van der Waals surface area contributed by atoms with Gasteiger partial charge >= 0.3 is 6.09 Å². The van der Waals surface area contributed by atoms with Crippen LogP contribution in [0.15, 0.2) is 0 Å². The standard InChI is InChI=1S/C14H25NO3/c1-13(2,3)18-12(17)15-10-9-11(16)14(10)7-5-4-6-8-14/h10-11,16H,4-9H2,1-3H3,(H,15,17). The van der Waals surface area contributed by atoms with Crippen molar-refractivity contribution >= 4 is 6.09 Å². The number of amides is 1. The zero-order valence-corrected chi connectivity index (χ0v) is 11.7. The molecule has 0 aliphatic heterocycles. The number of alkyl carbamates (subject to hydrolysis) is 1. The van der Waals surface area contributed by atoms with Crippen LogP contribution < -0.4 is 5.32 Å². The summed E-state index contributed by atoms with van der Waals surface area (Å²) < 4.78 is 5.28. The molecule has 0 bridgehead atoms. The summed E-state index contributed by atoms with van der Waals surface area (Å²) in [5, 5.41) is 13.0. The number of carbonyl (C=O) groups is 1. The van der Waals surface area contributed by atoms with E-state index in [2.05, 4.69) is 5.32 Å². The maximum atomic E-state index is 11.8. The van der Waals surface area contributed by atoms with Crippen LogP contribution >= 0.6 is 0 Å². The molecule has 2 rings (SSSR count). The third-order valence-electron chi connectivity index (χ3n) is 4.29. The first-order valence-corrected chi connectivity index (χ1v) is 7.01. The normalized spacial score (nSPS) is 30.7. The quantitative estimate of drug-likeness (QED) is 0.757. The van der Waals surface area contributed by atoms with Crippen molar-refractivity contribution in [1.82, 2.24) is 5.32 Å². The zero-order valence-electron chi connectivity index (χ0n) is 11.7. The molecule has 1 spiro atoms. The number of ether oxygens (including phenoxy) is 1. The van der Waals surface area contributed by atoms with Gasteiger partial charge in [0.05, 0.1) is 6.10 Å². The van der Waals surface area contributed by atoms with Crippen LogP contribution in [0.1, 0.15) is 59.3 Å². The van der Waals surface area contributed by atoms with E-state index in [1.165, 1.54) is 6.42 Å². The fraction of sp³-hybridized carbons (Fsp3) is 0.929. The highest BCUT2D eigenvalue weighted by Gasteiger charge is 2.55. The molecule has 2 unspecified atom stereocenters. The van der Waals surface area contributed by atoms with E-state index < -0.39 is 5.60 Å². The first kappa shape index (κ1) is 13.7. The molecule has 4 heteroatoms. The average Bonchev–Trinajstić information content (AvgIpc) is 2.27. The summed E-state index contributed by atoms with van der Waals surface area (Å²) in [6, 6.07) is 0.0858. The van der Waals surface area contributed by atoms with Gasteiger partial charge < -0.3 is 15.2 Å². The Hall–Kier alpha value is -0.770. The Bertz CT molecular complexity index is 315. The minimum absolute atomic E-state index is 0.0743. The lowest BCUT2D eigenvalue weighted by molar-refractivity contribution is -0.117. The lowest BCUT2D eigenvalue weighted by Crippen LogP contribution is -2.64. The van der Waals surface area contributed by atoms with E-state index >= 15 is 0 Å². The van der Waals surface area contributed by atoms with Crippen molar-refractivity contribution in [1.29, 1.82) is 0 Å². The van der Waals surface area contributed by atoms with Gasteiger partial charge in [-0.1, -0.05) is 19.3 Å². The molecule has 0 aromatic heterocycles. The Morgan fingerprint density at radius 2 is 1.89 bits per heavy atom. The predicted octanol–water partition coefficient (Wildman–Crippen LogP) is 2.59. The summed E-state index contributed by atoms with van der Waals surface area (Å²) in [5.41, 5.74) is -0.540. The van der Waals surface area contributed by atoms with Crippen molar-refractivity contribution in [2.75, 3.05) is 0 Å². The van der Waals surface area contributed by atoms with E-state index in [0.717, 1.165) is 25.7 Å². The molecule has 0 radical (unpaired) electrons. The maximum absolute atomic E-state index is 11.8. The van der Waals surface area contributed by atoms with Gasteiger partial charge in [0.1, 0.15) is 5.60 Å². The molecule has 4 nitrogen and oxygen atoms in total. The second-order valence-electron chi connectivity index (χ2n) is 6.74. The topological polar surface area (TPSA) is 58.6 Å². The van der Waals surface area contributed by atoms with E-state index in [1.807, 2.05) is 20.8 Å². The summed E-state index contributed by atoms with van der Waals surface area (Å²) in [7, 11) is 0. The Morgan fingerprint density at radius 3 is 2.39 bits per heavy atom. The average molecular weight is 255 g/mol. The van der Waals surface area contributed by atoms with Gasteiger partial charge in [0.2, 0.25) is 0 Å². The summed E-state index contributed by atoms with van der Waals surface area (Å²) in [4.78, 5) is 11.8. The Morgan fingerprint density at radius 1 is 1.28 bits per heavy atom. The van der Waals surface area contributed by atoms with Crippen molar-refractivity contribution in [3.05, 3.63) is 0 Å². The van der Waals surface area contributed by atoms with Gasteiger partial charge in [-0.2, -0.15) is 0 Å². The minimum atomic E-state index is -0.466. The fourth-order valence-electron chi connectivity index (χ4n) is 3.31. The second-order valence-corrected chi connectivity index (χ2v) is 6.74. The molecule has 2 fully saturated rings. The summed E-state index contributed by atoms with van der Waals surface area (Å²) >= 11 is 0. The number of aliphatic hydroxyl groups is 1. The minimum Gasteiger partial charge on any atom is -0.444 e. The Balaban J connectivity index is 1.92. The first-order chi connectivity index (χ1) is 8.33. The molecule has 1 amide bonds. The molecule has 0 aromatic carbocycles. The second kappa shape index (κ2) is 4.72. The van der Waals surface area contributed by atoms with Gasteiger partial charge in [-0.05, 0) is 40.0 Å². The van der Waals surface area contributed by atoms with Crippen LogP contribution in [0.3, 0.4) is 0 Å². The largest absolute Gasteiger partial charge is 0.444 e. The van der Waals surface area contributed by atoms with E-state index in [4.69, 9.17) is 4.74 Å². The van der Waals surface area contributed by atoms with Gasteiger partial charge in [0, 0.05) is 11.5 Å². The lowest BCUT2D eigenvalue weighted by Gasteiger charge is -2.55. The molecule has 2 atom stereocenters. The highest BCUT2D eigenvalue weighted by atomic mass is 16.6. The van der Waals surface area contributed by atoms with Gasteiger partial charge in [0.15, 0.2) is 0 Å². The smallest absolute Gasteiger partial charge is 0.407 e. The summed E-state index contributed by atoms with van der Waals surface area (Å²) in [6.07, 6.45) is 5.66. The van der Waals surface area contributed by atoms with Gasteiger partial charge in [-0.3, -0.25) is 0 Å². The van der Waals surface area contributed by atoms with Crippen molar-refractivity contribution in [2.45, 2.75) is 77.0 Å². The zero-order chi connectivity index (χ0) is 13.4. The fourth-order valence-corrected chi connectivity index (χ4v) is 3.31. The highest BCUT2D eigenvalue weighted by Crippen LogP contribution is 2.51.